The van der Waals surface area contributed by atoms with Gasteiger partial charge in [-0.25, -0.2) is 24.3 Å². The van der Waals surface area contributed by atoms with Crippen molar-refractivity contribution in [2.45, 2.75) is 46.2 Å². The number of halogens is 2. The van der Waals surface area contributed by atoms with Gasteiger partial charge in [-0.2, -0.15) is 35.4 Å². The van der Waals surface area contributed by atoms with Gasteiger partial charge >= 0.3 is 41.9 Å². The third-order valence-electron chi connectivity index (χ3n) is 2.38. The third-order valence-corrected chi connectivity index (χ3v) is 2.38. The normalized spacial score (nSPS) is 8.10. The fourth-order valence-electron chi connectivity index (χ4n) is 1.43. The average molecular weight is 421 g/mol. The standard InChI is InChI=1S/C9H13.C6H7.C2H6Si.2ClH.Zr/c1-2-3-6-9-7-4-5-8-9;1-6-4-2-3-5-6;1-3-2;;;/h4-5,7-8H,2-3,6H2,1H3;2-5H,1H3;1-2H3;2*1H;/q2*-1;;;;+2/p-2. The molecule has 0 aliphatic carbocycles. The first-order valence-electron chi connectivity index (χ1n) is 6.97. The van der Waals surface area contributed by atoms with Gasteiger partial charge in [-0.05, 0) is 0 Å². The minimum atomic E-state index is 0. The Morgan fingerprint density at radius 3 is 1.57 bits per heavy atom. The van der Waals surface area contributed by atoms with Gasteiger partial charge in [0.2, 0.25) is 0 Å². The molecule has 0 saturated heterocycles. The molecule has 2 rings (SSSR count). The summed E-state index contributed by atoms with van der Waals surface area (Å²) in [6, 6.07) is 16.8. The Morgan fingerprint density at radius 2 is 1.29 bits per heavy atom. The molecule has 0 radical (unpaired) electrons. The maximum Gasteiger partial charge on any atom is -0.0860 e. The van der Waals surface area contributed by atoms with Crippen LogP contribution in [0.5, 0.6) is 0 Å². The van der Waals surface area contributed by atoms with Crippen molar-refractivity contribution in [3.8, 4) is 0 Å². The molecule has 21 heavy (non-hydrogen) atoms. The molecule has 0 heterocycles. The van der Waals surface area contributed by atoms with Crippen LogP contribution in [0.3, 0.4) is 0 Å². The van der Waals surface area contributed by atoms with Gasteiger partial charge in [0.05, 0.1) is 0 Å². The molecule has 2 aromatic carbocycles. The molecule has 0 spiro atoms. The van der Waals surface area contributed by atoms with Crippen LogP contribution < -0.4 is 24.8 Å². The van der Waals surface area contributed by atoms with E-state index >= 15 is 0 Å². The van der Waals surface area contributed by atoms with Gasteiger partial charge in [-0.1, -0.05) is 33.1 Å². The molecule has 118 valence electrons. The summed E-state index contributed by atoms with van der Waals surface area (Å²) >= 11 is 1.74. The molecule has 0 fully saturated rings. The van der Waals surface area contributed by atoms with E-state index in [-0.39, 0.29) is 30.2 Å². The molecule has 0 atom stereocenters. The van der Waals surface area contributed by atoms with Crippen molar-refractivity contribution >= 4 is 5.43 Å². The Hall–Kier alpha value is 0.380. The fraction of sp³-hybridized carbons (Fsp3) is 0.412. The van der Waals surface area contributed by atoms with Gasteiger partial charge < -0.3 is 24.8 Å². The largest absolute Gasteiger partial charge is 1.00 e. The van der Waals surface area contributed by atoms with Crippen LogP contribution in [0.25, 0.3) is 0 Å². The summed E-state index contributed by atoms with van der Waals surface area (Å²) in [5, 5.41) is 0. The zero-order chi connectivity index (χ0) is 14.5. The predicted molar refractivity (Wildman–Crippen MR) is 84.9 cm³/mol. The molecule has 0 amide bonds. The number of hydrogen-bond donors (Lipinski definition) is 0. The van der Waals surface area contributed by atoms with Gasteiger partial charge in [0, 0.05) is 0 Å². The van der Waals surface area contributed by atoms with E-state index in [4.69, 9.17) is 0 Å². The maximum absolute atomic E-state index is 2.31. The van der Waals surface area contributed by atoms with Crippen LogP contribution in [0.1, 0.15) is 30.9 Å². The van der Waals surface area contributed by atoms with Crippen molar-refractivity contribution in [3.63, 3.8) is 0 Å². The van der Waals surface area contributed by atoms with Gasteiger partial charge in [0.1, 0.15) is 0 Å². The topological polar surface area (TPSA) is 0 Å². The van der Waals surface area contributed by atoms with Gasteiger partial charge in [0.25, 0.3) is 0 Å². The Morgan fingerprint density at radius 1 is 0.905 bits per heavy atom. The van der Waals surface area contributed by atoms with Crippen LogP contribution >= 0.6 is 0 Å². The van der Waals surface area contributed by atoms with Gasteiger partial charge in [-0.15, -0.1) is 0 Å². The molecule has 0 unspecified atom stereocenters. The van der Waals surface area contributed by atoms with Crippen LogP contribution in [0, 0.1) is 6.92 Å². The van der Waals surface area contributed by atoms with Crippen LogP contribution in [-0.2, 0) is 29.8 Å². The first-order valence-corrected chi connectivity index (χ1v) is 13.2. The maximum atomic E-state index is 2.31. The van der Waals surface area contributed by atoms with Crippen molar-refractivity contribution < 1.29 is 48.1 Å². The van der Waals surface area contributed by atoms with E-state index in [1.807, 2.05) is 12.1 Å². The summed E-state index contributed by atoms with van der Waals surface area (Å²) in [5.74, 6) is 0. The zero-order valence-corrected chi connectivity index (χ0v) is 18.5. The number of aryl methyl sites for hydroxylation is 2. The van der Waals surface area contributed by atoms with E-state index in [0.29, 0.717) is 0 Å². The van der Waals surface area contributed by atoms with E-state index < -0.39 is 0 Å². The summed E-state index contributed by atoms with van der Waals surface area (Å²) in [6.07, 6.45) is 3.87. The molecular weight excluding hydrogens is 394 g/mol. The number of unbranched alkanes of at least 4 members (excludes halogenated alkanes) is 1. The van der Waals surface area contributed by atoms with Crippen molar-refractivity contribution in [2.24, 2.45) is 0 Å². The third kappa shape index (κ3) is 20.4. The molecule has 0 aliphatic heterocycles. The van der Waals surface area contributed by atoms with E-state index in [2.05, 4.69) is 63.3 Å². The quantitative estimate of drug-likeness (QED) is 0.453. The molecule has 0 aromatic heterocycles. The molecule has 0 saturated carbocycles. The minimum Gasteiger partial charge on any atom is -1.00 e. The molecule has 0 aliphatic rings. The molecule has 4 heteroatoms. The van der Waals surface area contributed by atoms with E-state index in [9.17, 15) is 0 Å². The minimum absolute atomic E-state index is 0. The second-order valence-corrected chi connectivity index (χ2v) is 14.2. The van der Waals surface area contributed by atoms with Crippen molar-refractivity contribution in [3.05, 3.63) is 59.7 Å². The molecule has 0 bridgehead atoms. The van der Waals surface area contributed by atoms with Crippen molar-refractivity contribution in [1.29, 1.82) is 0 Å². The first-order chi connectivity index (χ1) is 9.06. The van der Waals surface area contributed by atoms with Crippen LogP contribution in [-0.4, -0.2) is 5.43 Å². The first kappa shape index (κ1) is 26.3. The van der Waals surface area contributed by atoms with E-state index in [0.717, 1.165) is 0 Å². The molecule has 2 aromatic rings. The summed E-state index contributed by atoms with van der Waals surface area (Å²) in [5.41, 5.74) is 3.04. The number of rotatable bonds is 3. The Balaban J connectivity index is -0.000000239. The summed E-state index contributed by atoms with van der Waals surface area (Å²) < 4.78 is 0. The van der Waals surface area contributed by atoms with Crippen molar-refractivity contribution in [2.75, 3.05) is 0 Å². The van der Waals surface area contributed by atoms with Crippen LogP contribution in [0.4, 0.5) is 0 Å². The Bertz CT molecular complexity index is 404. The number of hydrogen-bond acceptors (Lipinski definition) is 0. The average Bonchev–Trinajstić information content (AvgIpc) is 2.99. The molecular formula is C17H26Cl2SiZr-2. The van der Waals surface area contributed by atoms with Crippen LogP contribution in [0.15, 0.2) is 48.5 Å². The summed E-state index contributed by atoms with van der Waals surface area (Å²) in [7, 11) is 0. The predicted octanol–water partition coefficient (Wildman–Crippen LogP) is -0.746. The zero-order valence-electron chi connectivity index (χ0n) is 13.5. The van der Waals surface area contributed by atoms with E-state index in [1.54, 1.807) is 23.3 Å². The van der Waals surface area contributed by atoms with Crippen molar-refractivity contribution in [1.82, 2.24) is 0 Å². The van der Waals surface area contributed by atoms with Gasteiger partial charge in [-0.3, -0.25) is 0 Å². The Kier molecular flexibility index (Phi) is 23.1. The summed E-state index contributed by atoms with van der Waals surface area (Å²) in [6.45, 7) is 8.93. The monoisotopic (exact) mass is 418 g/mol. The second kappa shape index (κ2) is 18.4. The SMILES string of the molecule is CCCC[c-]1cccc1.C[Si](C)=[Zr+2].C[c-]1cccc1.[Cl-].[Cl-]. The Labute approximate surface area is 158 Å². The molecule has 0 nitrogen and oxygen atoms in total. The molecule has 0 N–H and O–H groups in total. The van der Waals surface area contributed by atoms with Gasteiger partial charge in [0.15, 0.2) is 0 Å². The smallest absolute Gasteiger partial charge is 0.0860 e. The van der Waals surface area contributed by atoms with Crippen LogP contribution in [0.2, 0.25) is 13.1 Å². The summed E-state index contributed by atoms with van der Waals surface area (Å²) in [4.78, 5) is 0. The second-order valence-electron chi connectivity index (χ2n) is 4.86. The van der Waals surface area contributed by atoms with E-state index in [1.165, 1.54) is 30.4 Å². The fourth-order valence-corrected chi connectivity index (χ4v) is 1.43.